The Hall–Kier alpha value is -1.34. The fraction of sp³-hybridized carbons (Fsp3) is 0.900. The Bertz CT molecular complexity index is 478. The molecule has 1 amide bonds. The zero-order chi connectivity index (χ0) is 19.8. The number of carboxylic acids is 1. The standard InChI is InChI=1S/C20H37N3O4/c1-16(2)15-21(3)13-14-27-20(26)23-9-4-5-18(8-12-23)22-10-6-17(7-11-22)19(24)25/h16-18H,4-15H2,1-3H3,(H,24,25). The van der Waals surface area contributed by atoms with Gasteiger partial charge in [-0.15, -0.1) is 0 Å². The molecule has 1 atom stereocenters. The van der Waals surface area contributed by atoms with Crippen LogP contribution in [0.1, 0.15) is 46.0 Å². The van der Waals surface area contributed by atoms with Crippen molar-refractivity contribution in [1.29, 1.82) is 0 Å². The van der Waals surface area contributed by atoms with Gasteiger partial charge in [-0.3, -0.25) is 4.79 Å². The molecule has 1 unspecified atom stereocenters. The topological polar surface area (TPSA) is 73.3 Å². The van der Waals surface area contributed by atoms with Crippen molar-refractivity contribution in [3.05, 3.63) is 0 Å². The van der Waals surface area contributed by atoms with Crippen LogP contribution in [0, 0.1) is 11.8 Å². The summed E-state index contributed by atoms with van der Waals surface area (Å²) in [6.07, 6.45) is 4.27. The predicted octanol–water partition coefficient (Wildman–Crippen LogP) is 2.36. The Morgan fingerprint density at radius 3 is 2.44 bits per heavy atom. The number of rotatable bonds is 7. The molecule has 2 saturated heterocycles. The minimum absolute atomic E-state index is 0.188. The molecule has 1 N–H and O–H groups in total. The Balaban J connectivity index is 1.69. The molecule has 0 aromatic rings. The summed E-state index contributed by atoms with van der Waals surface area (Å²) in [5.41, 5.74) is 0. The highest BCUT2D eigenvalue weighted by Crippen LogP contribution is 2.24. The molecule has 2 fully saturated rings. The maximum atomic E-state index is 12.4. The van der Waals surface area contributed by atoms with E-state index in [1.54, 1.807) is 0 Å². The lowest BCUT2D eigenvalue weighted by Gasteiger charge is -2.36. The SMILES string of the molecule is CC(C)CN(C)CCOC(=O)N1CCCC(N2CCC(C(=O)O)CC2)CC1. The van der Waals surface area contributed by atoms with Crippen LogP contribution in [0.15, 0.2) is 0 Å². The summed E-state index contributed by atoms with van der Waals surface area (Å²) in [5, 5.41) is 9.14. The molecule has 0 bridgehead atoms. The Morgan fingerprint density at radius 1 is 1.11 bits per heavy atom. The van der Waals surface area contributed by atoms with E-state index in [1.165, 1.54) is 0 Å². The second-order valence-electron chi connectivity index (χ2n) is 8.49. The average molecular weight is 384 g/mol. The second-order valence-corrected chi connectivity index (χ2v) is 8.49. The molecule has 0 aromatic carbocycles. The van der Waals surface area contributed by atoms with Gasteiger partial charge in [-0.25, -0.2) is 4.79 Å². The number of hydrogen-bond acceptors (Lipinski definition) is 5. The van der Waals surface area contributed by atoms with E-state index in [2.05, 4.69) is 30.7 Å². The van der Waals surface area contributed by atoms with Crippen molar-refractivity contribution in [2.75, 3.05) is 52.9 Å². The van der Waals surface area contributed by atoms with E-state index in [4.69, 9.17) is 9.84 Å². The molecule has 0 radical (unpaired) electrons. The Morgan fingerprint density at radius 2 is 1.81 bits per heavy atom. The van der Waals surface area contributed by atoms with Gasteiger partial charge in [0.25, 0.3) is 0 Å². The van der Waals surface area contributed by atoms with Crippen LogP contribution >= 0.6 is 0 Å². The summed E-state index contributed by atoms with van der Waals surface area (Å²) >= 11 is 0. The summed E-state index contributed by atoms with van der Waals surface area (Å²) in [4.78, 5) is 29.9. The highest BCUT2D eigenvalue weighted by atomic mass is 16.6. The number of carbonyl (C=O) groups excluding carboxylic acids is 1. The summed E-state index contributed by atoms with van der Waals surface area (Å²) in [6, 6.07) is 0.453. The molecule has 0 aliphatic carbocycles. The molecule has 7 heteroatoms. The van der Waals surface area contributed by atoms with Gasteiger partial charge in [0.2, 0.25) is 0 Å². The first-order chi connectivity index (χ1) is 12.9. The molecule has 2 rings (SSSR count). The summed E-state index contributed by atoms with van der Waals surface area (Å²) in [7, 11) is 2.05. The molecular weight excluding hydrogens is 346 g/mol. The average Bonchev–Trinajstić information content (AvgIpc) is 2.87. The number of likely N-dealkylation sites (tertiary alicyclic amines) is 2. The fourth-order valence-electron chi connectivity index (χ4n) is 4.23. The smallest absolute Gasteiger partial charge is 0.409 e. The highest BCUT2D eigenvalue weighted by Gasteiger charge is 2.30. The number of carboxylic acid groups (broad SMARTS) is 1. The molecular formula is C20H37N3O4. The van der Waals surface area contributed by atoms with Gasteiger partial charge in [-0.1, -0.05) is 13.8 Å². The molecule has 2 heterocycles. The van der Waals surface area contributed by atoms with Crippen molar-refractivity contribution in [3.8, 4) is 0 Å². The normalized spacial score (nSPS) is 22.9. The second kappa shape index (κ2) is 10.9. The van der Waals surface area contributed by atoms with E-state index >= 15 is 0 Å². The molecule has 2 aliphatic rings. The number of likely N-dealkylation sites (N-methyl/N-ethyl adjacent to an activating group) is 1. The maximum absolute atomic E-state index is 12.4. The number of amides is 1. The van der Waals surface area contributed by atoms with Gasteiger partial charge in [0, 0.05) is 32.2 Å². The lowest BCUT2D eigenvalue weighted by atomic mass is 9.94. The molecule has 0 spiro atoms. The third kappa shape index (κ3) is 7.30. The van der Waals surface area contributed by atoms with Crippen LogP contribution in [0.3, 0.4) is 0 Å². The molecule has 0 aromatic heterocycles. The minimum Gasteiger partial charge on any atom is -0.481 e. The fourth-order valence-corrected chi connectivity index (χ4v) is 4.23. The van der Waals surface area contributed by atoms with E-state index in [9.17, 15) is 9.59 Å². The van der Waals surface area contributed by atoms with Gasteiger partial charge in [0.05, 0.1) is 5.92 Å². The van der Waals surface area contributed by atoms with Crippen LogP contribution in [0.2, 0.25) is 0 Å². The minimum atomic E-state index is -0.663. The summed E-state index contributed by atoms with van der Waals surface area (Å²) < 4.78 is 5.48. The van der Waals surface area contributed by atoms with E-state index in [0.717, 1.165) is 71.4 Å². The predicted molar refractivity (Wildman–Crippen MR) is 105 cm³/mol. The van der Waals surface area contributed by atoms with Crippen molar-refractivity contribution >= 4 is 12.1 Å². The molecule has 0 saturated carbocycles. The van der Waals surface area contributed by atoms with Crippen molar-refractivity contribution in [2.24, 2.45) is 11.8 Å². The van der Waals surface area contributed by atoms with E-state index in [0.29, 0.717) is 18.6 Å². The summed E-state index contributed by atoms with van der Waals surface area (Å²) in [6.45, 7) is 9.75. The van der Waals surface area contributed by atoms with E-state index < -0.39 is 5.97 Å². The lowest BCUT2D eigenvalue weighted by Crippen LogP contribution is -2.43. The molecule has 27 heavy (non-hydrogen) atoms. The number of carbonyl (C=O) groups is 2. The van der Waals surface area contributed by atoms with Gasteiger partial charge in [0.15, 0.2) is 0 Å². The van der Waals surface area contributed by atoms with Gasteiger partial charge in [-0.05, 0) is 58.2 Å². The van der Waals surface area contributed by atoms with Gasteiger partial charge in [-0.2, -0.15) is 0 Å². The van der Waals surface area contributed by atoms with Crippen LogP contribution in [-0.2, 0) is 9.53 Å². The number of piperidine rings is 1. The van der Waals surface area contributed by atoms with Crippen LogP contribution in [0.5, 0.6) is 0 Å². The van der Waals surface area contributed by atoms with Crippen molar-refractivity contribution in [2.45, 2.75) is 52.0 Å². The number of ether oxygens (including phenoxy) is 1. The van der Waals surface area contributed by atoms with E-state index in [1.807, 2.05) is 4.90 Å². The van der Waals surface area contributed by atoms with Gasteiger partial charge < -0.3 is 24.5 Å². The van der Waals surface area contributed by atoms with Crippen LogP contribution in [-0.4, -0.2) is 90.8 Å². The molecule has 2 aliphatic heterocycles. The molecule has 156 valence electrons. The monoisotopic (exact) mass is 383 g/mol. The van der Waals surface area contributed by atoms with Gasteiger partial charge in [0.1, 0.15) is 6.61 Å². The Kier molecular flexibility index (Phi) is 8.83. The number of aliphatic carboxylic acids is 1. The van der Waals surface area contributed by atoms with Crippen molar-refractivity contribution in [1.82, 2.24) is 14.7 Å². The van der Waals surface area contributed by atoms with E-state index in [-0.39, 0.29) is 12.0 Å². The zero-order valence-electron chi connectivity index (χ0n) is 17.2. The number of hydrogen-bond donors (Lipinski definition) is 1. The first kappa shape index (κ1) is 22.0. The largest absolute Gasteiger partial charge is 0.481 e. The third-order valence-electron chi connectivity index (χ3n) is 5.73. The van der Waals surface area contributed by atoms with Crippen LogP contribution in [0.25, 0.3) is 0 Å². The maximum Gasteiger partial charge on any atom is 0.409 e. The zero-order valence-corrected chi connectivity index (χ0v) is 17.2. The first-order valence-corrected chi connectivity index (χ1v) is 10.4. The van der Waals surface area contributed by atoms with Crippen molar-refractivity contribution < 1.29 is 19.4 Å². The Labute approximate surface area is 163 Å². The lowest BCUT2D eigenvalue weighted by molar-refractivity contribution is -0.143. The highest BCUT2D eigenvalue weighted by molar-refractivity contribution is 5.70. The van der Waals surface area contributed by atoms with Crippen LogP contribution < -0.4 is 0 Å². The number of nitrogens with zero attached hydrogens (tertiary/aromatic N) is 3. The quantitative estimate of drug-likeness (QED) is 0.728. The van der Waals surface area contributed by atoms with Crippen molar-refractivity contribution in [3.63, 3.8) is 0 Å². The summed E-state index contributed by atoms with van der Waals surface area (Å²) in [5.74, 6) is -0.246. The molecule has 7 nitrogen and oxygen atoms in total. The first-order valence-electron chi connectivity index (χ1n) is 10.4. The third-order valence-corrected chi connectivity index (χ3v) is 5.73. The van der Waals surface area contributed by atoms with Gasteiger partial charge >= 0.3 is 12.1 Å². The van der Waals surface area contributed by atoms with Crippen LogP contribution in [0.4, 0.5) is 4.79 Å².